The molecule has 2 amide bonds. The van der Waals surface area contributed by atoms with Gasteiger partial charge in [0.15, 0.2) is 0 Å². The molecule has 0 radical (unpaired) electrons. The Balaban J connectivity index is 0.000000277. The second-order valence-electron chi connectivity index (χ2n) is 5.28. The predicted molar refractivity (Wildman–Crippen MR) is 82.8 cm³/mol. The Morgan fingerprint density at radius 1 is 1.35 bits per heavy atom. The minimum atomic E-state index is -0.671. The number of allylic oxidation sites excluding steroid dienone is 2. The van der Waals surface area contributed by atoms with Gasteiger partial charge in [0.25, 0.3) is 12.3 Å². The van der Waals surface area contributed by atoms with Crippen molar-refractivity contribution < 1.29 is 23.6 Å². The van der Waals surface area contributed by atoms with Crippen molar-refractivity contribution in [2.45, 2.75) is 33.1 Å². The van der Waals surface area contributed by atoms with E-state index >= 15 is 0 Å². The molecule has 124 valence electrons. The number of nitrogens with zero attached hydrogens (tertiary/aromatic N) is 1. The molecule has 1 aliphatic carbocycles. The fourth-order valence-corrected chi connectivity index (χ4v) is 2.03. The van der Waals surface area contributed by atoms with Gasteiger partial charge in [-0.05, 0) is 43.7 Å². The average molecular weight is 321 g/mol. The van der Waals surface area contributed by atoms with Crippen molar-refractivity contribution in [1.82, 2.24) is 5.06 Å². The molecule has 0 aromatic heterocycles. The Morgan fingerprint density at radius 2 is 2.04 bits per heavy atom. The summed E-state index contributed by atoms with van der Waals surface area (Å²) in [5, 5.41) is 0.343. The van der Waals surface area contributed by atoms with Crippen LogP contribution in [0, 0.1) is 12.8 Å². The third-order valence-corrected chi connectivity index (χ3v) is 3.45. The topological polar surface area (TPSA) is 63.7 Å². The molecule has 2 rings (SSSR count). The third kappa shape index (κ3) is 6.02. The van der Waals surface area contributed by atoms with Crippen molar-refractivity contribution in [3.8, 4) is 0 Å². The highest BCUT2D eigenvalue weighted by Crippen LogP contribution is 2.22. The summed E-state index contributed by atoms with van der Waals surface area (Å²) in [6, 6.07) is 6.68. The van der Waals surface area contributed by atoms with Gasteiger partial charge in [-0.25, -0.2) is 4.39 Å². The number of imide groups is 1. The van der Waals surface area contributed by atoms with Crippen LogP contribution in [0.3, 0.4) is 0 Å². The lowest BCUT2D eigenvalue weighted by Crippen LogP contribution is -2.29. The van der Waals surface area contributed by atoms with E-state index < -0.39 is 5.91 Å². The molecule has 0 saturated heterocycles. The molecule has 0 bridgehead atoms. The van der Waals surface area contributed by atoms with E-state index in [1.165, 1.54) is 0 Å². The largest absolute Gasteiger partial charge is 0.334 e. The molecule has 0 spiro atoms. The fourth-order valence-electron chi connectivity index (χ4n) is 2.03. The van der Waals surface area contributed by atoms with E-state index in [9.17, 15) is 18.8 Å². The van der Waals surface area contributed by atoms with E-state index in [0.29, 0.717) is 28.5 Å². The summed E-state index contributed by atoms with van der Waals surface area (Å²) in [6.45, 7) is 3.89. The van der Waals surface area contributed by atoms with Gasteiger partial charge < -0.3 is 4.84 Å². The molecule has 1 aromatic carbocycles. The number of benzene rings is 1. The molecule has 1 atom stereocenters. The maximum absolute atomic E-state index is 12.2. The van der Waals surface area contributed by atoms with Gasteiger partial charge in [0.05, 0.1) is 5.83 Å². The van der Waals surface area contributed by atoms with Gasteiger partial charge in [-0.15, -0.1) is 5.06 Å². The SMILES string of the molecule is CC1CC=C(F)CC1.Cc1ccccc1C(=O)N(C=O)OC=O. The lowest BCUT2D eigenvalue weighted by molar-refractivity contribution is -0.167. The van der Waals surface area contributed by atoms with E-state index in [1.807, 2.05) is 0 Å². The maximum Gasteiger partial charge on any atom is 0.321 e. The molecule has 0 N–H and O–H groups in total. The minimum Gasteiger partial charge on any atom is -0.334 e. The van der Waals surface area contributed by atoms with Gasteiger partial charge in [-0.1, -0.05) is 31.2 Å². The summed E-state index contributed by atoms with van der Waals surface area (Å²) in [5.74, 6) is 0.118. The second-order valence-corrected chi connectivity index (χ2v) is 5.28. The molecule has 6 heteroatoms. The molecule has 1 unspecified atom stereocenters. The van der Waals surface area contributed by atoms with Crippen LogP contribution in [0.4, 0.5) is 4.39 Å². The molecule has 0 heterocycles. The zero-order chi connectivity index (χ0) is 17.2. The number of rotatable bonds is 4. The zero-order valence-electron chi connectivity index (χ0n) is 13.2. The van der Waals surface area contributed by atoms with Gasteiger partial charge >= 0.3 is 6.47 Å². The van der Waals surface area contributed by atoms with E-state index in [4.69, 9.17) is 0 Å². The van der Waals surface area contributed by atoms with Crippen LogP contribution in [0.2, 0.25) is 0 Å². The van der Waals surface area contributed by atoms with Crippen LogP contribution >= 0.6 is 0 Å². The predicted octanol–water partition coefficient (Wildman–Crippen LogP) is 3.34. The van der Waals surface area contributed by atoms with E-state index in [0.717, 1.165) is 12.8 Å². The second kappa shape index (κ2) is 9.50. The summed E-state index contributed by atoms with van der Waals surface area (Å²) < 4.78 is 12.2. The first-order valence-electron chi connectivity index (χ1n) is 7.29. The molecule has 0 saturated carbocycles. The highest BCUT2D eigenvalue weighted by molar-refractivity contribution is 6.00. The number of hydroxylamine groups is 2. The van der Waals surface area contributed by atoms with Crippen molar-refractivity contribution in [2.75, 3.05) is 0 Å². The Morgan fingerprint density at radius 3 is 2.52 bits per heavy atom. The normalized spacial score (nSPS) is 16.3. The van der Waals surface area contributed by atoms with Crippen LogP contribution in [0.25, 0.3) is 0 Å². The van der Waals surface area contributed by atoms with Crippen LogP contribution in [-0.4, -0.2) is 23.9 Å². The number of halogens is 1. The Bertz CT molecular complexity index is 586. The van der Waals surface area contributed by atoms with E-state index in [1.54, 1.807) is 37.3 Å². The lowest BCUT2D eigenvalue weighted by atomic mass is 9.96. The fraction of sp³-hybridized carbons (Fsp3) is 0.353. The van der Waals surface area contributed by atoms with Crippen molar-refractivity contribution in [2.24, 2.45) is 5.92 Å². The number of hydrogen-bond donors (Lipinski definition) is 0. The Hall–Kier alpha value is -2.50. The van der Waals surface area contributed by atoms with Crippen molar-refractivity contribution in [1.29, 1.82) is 0 Å². The third-order valence-electron chi connectivity index (χ3n) is 3.45. The highest BCUT2D eigenvalue weighted by Gasteiger charge is 2.17. The number of carbonyl (C=O) groups is 3. The summed E-state index contributed by atoms with van der Waals surface area (Å²) >= 11 is 0. The standard InChI is InChI=1S/C10H9NO4.C7H11F/c1-8-4-2-3-5-9(8)10(14)11(6-12)15-7-13;1-6-2-4-7(8)5-3-6/h2-7H,1H3;4,6H,2-3,5H2,1H3. The van der Waals surface area contributed by atoms with Crippen LogP contribution in [0.1, 0.15) is 42.1 Å². The average Bonchev–Trinajstić information content (AvgIpc) is 2.56. The minimum absolute atomic E-state index is 0.0184. The first kappa shape index (κ1) is 18.5. The number of amides is 2. The Labute approximate surface area is 134 Å². The number of carbonyl (C=O) groups excluding carboxylic acids is 3. The van der Waals surface area contributed by atoms with Crippen LogP contribution in [0.5, 0.6) is 0 Å². The molecule has 1 aromatic rings. The highest BCUT2D eigenvalue weighted by atomic mass is 19.1. The first-order chi connectivity index (χ1) is 11.0. The van der Waals surface area contributed by atoms with Gasteiger partial charge in [0.2, 0.25) is 0 Å². The lowest BCUT2D eigenvalue weighted by Gasteiger charge is -2.12. The monoisotopic (exact) mass is 321 g/mol. The Kier molecular flexibility index (Phi) is 7.66. The molecule has 1 aliphatic rings. The molecule has 0 fully saturated rings. The van der Waals surface area contributed by atoms with Gasteiger partial charge in [0.1, 0.15) is 0 Å². The molecular formula is C17H20FNO4. The number of aryl methyl sites for hydroxylation is 1. The van der Waals surface area contributed by atoms with Crippen molar-refractivity contribution in [3.63, 3.8) is 0 Å². The van der Waals surface area contributed by atoms with E-state index in [2.05, 4.69) is 11.8 Å². The zero-order valence-corrected chi connectivity index (χ0v) is 13.2. The van der Waals surface area contributed by atoms with Gasteiger partial charge in [-0.3, -0.25) is 14.4 Å². The van der Waals surface area contributed by atoms with Crippen molar-refractivity contribution >= 4 is 18.8 Å². The van der Waals surface area contributed by atoms with Gasteiger partial charge in [0, 0.05) is 5.56 Å². The first-order valence-corrected chi connectivity index (χ1v) is 7.29. The van der Waals surface area contributed by atoms with Gasteiger partial charge in [-0.2, -0.15) is 0 Å². The summed E-state index contributed by atoms with van der Waals surface area (Å²) in [7, 11) is 0. The van der Waals surface area contributed by atoms with Crippen molar-refractivity contribution in [3.05, 3.63) is 47.3 Å². The molecular weight excluding hydrogens is 301 g/mol. The summed E-state index contributed by atoms with van der Waals surface area (Å²) in [6.07, 6.45) is 4.48. The molecule has 5 nitrogen and oxygen atoms in total. The summed E-state index contributed by atoms with van der Waals surface area (Å²) in [4.78, 5) is 36.3. The van der Waals surface area contributed by atoms with E-state index in [-0.39, 0.29) is 18.7 Å². The number of hydrogen-bond acceptors (Lipinski definition) is 4. The molecule has 0 aliphatic heterocycles. The van der Waals surface area contributed by atoms with Crippen LogP contribution < -0.4 is 0 Å². The molecule has 23 heavy (non-hydrogen) atoms. The van der Waals surface area contributed by atoms with Crippen LogP contribution in [0.15, 0.2) is 36.2 Å². The quantitative estimate of drug-likeness (QED) is 0.630. The summed E-state index contributed by atoms with van der Waals surface area (Å²) in [5.41, 5.74) is 1.01. The smallest absolute Gasteiger partial charge is 0.321 e. The van der Waals surface area contributed by atoms with Crippen LogP contribution in [-0.2, 0) is 14.4 Å². The maximum atomic E-state index is 12.2.